The fourth-order valence-electron chi connectivity index (χ4n) is 7.24. The van der Waals surface area contributed by atoms with Gasteiger partial charge in [0.2, 0.25) is 0 Å². The van der Waals surface area contributed by atoms with Crippen LogP contribution in [0.5, 0.6) is 0 Å². The first-order chi connectivity index (χ1) is 34.5. The Morgan fingerprint density at radius 2 is 0.557 bits per heavy atom. The number of carbonyl (C=O) groups excluding carboxylic acids is 3. The van der Waals surface area contributed by atoms with Gasteiger partial charge in [-0.2, -0.15) is 0 Å². The molecule has 0 aliphatic carbocycles. The van der Waals surface area contributed by atoms with Gasteiger partial charge in [0.15, 0.2) is 6.10 Å². The van der Waals surface area contributed by atoms with Crippen molar-refractivity contribution < 1.29 is 28.6 Å². The smallest absolute Gasteiger partial charge is 0.306 e. The van der Waals surface area contributed by atoms with Crippen molar-refractivity contribution in [1.29, 1.82) is 0 Å². The number of hydrogen-bond donors (Lipinski definition) is 0. The highest BCUT2D eigenvalue weighted by Gasteiger charge is 2.19. The average Bonchev–Trinajstić information content (AvgIpc) is 3.36. The molecule has 0 amide bonds. The molecule has 70 heavy (non-hydrogen) atoms. The SMILES string of the molecule is CC/C=C\C/C=C\C/C=C\C/C=C\C/C=C\C/C=C\C/C=C\C/C=C\CCCCCCC(=O)OCC(COC(=O)CCCCCCCC)OC(=O)CCCCCCCCC/C=C\C/C=C\C/C=C\CC. The van der Waals surface area contributed by atoms with Gasteiger partial charge in [-0.15, -0.1) is 0 Å². The molecule has 0 aromatic rings. The molecule has 1 atom stereocenters. The van der Waals surface area contributed by atoms with Crippen LogP contribution >= 0.6 is 0 Å². The predicted molar refractivity (Wildman–Crippen MR) is 302 cm³/mol. The summed E-state index contributed by atoms with van der Waals surface area (Å²) in [5.74, 6) is -0.947. The van der Waals surface area contributed by atoms with Gasteiger partial charge in [-0.3, -0.25) is 14.4 Å². The molecule has 0 rings (SSSR count). The van der Waals surface area contributed by atoms with E-state index in [1.807, 2.05) is 0 Å². The zero-order chi connectivity index (χ0) is 50.7. The monoisotopic (exact) mass is 967 g/mol. The molecule has 0 aliphatic rings. The molecule has 0 saturated heterocycles. The molecule has 0 radical (unpaired) electrons. The van der Waals surface area contributed by atoms with E-state index in [2.05, 4.69) is 154 Å². The summed E-state index contributed by atoms with van der Waals surface area (Å²) in [4.78, 5) is 37.8. The first-order valence-electron chi connectivity index (χ1n) is 28.2. The predicted octanol–water partition coefficient (Wildman–Crippen LogP) is 19.0. The highest BCUT2D eigenvalue weighted by molar-refractivity contribution is 5.71. The summed E-state index contributed by atoms with van der Waals surface area (Å²) in [7, 11) is 0. The van der Waals surface area contributed by atoms with Crippen molar-refractivity contribution in [3.8, 4) is 0 Å². The summed E-state index contributed by atoms with van der Waals surface area (Å²) in [5.41, 5.74) is 0. The zero-order valence-electron chi connectivity index (χ0n) is 45.0. The molecule has 0 N–H and O–H groups in total. The van der Waals surface area contributed by atoms with Crippen molar-refractivity contribution >= 4 is 17.9 Å². The molecule has 0 saturated carbocycles. The van der Waals surface area contributed by atoms with E-state index < -0.39 is 6.10 Å². The van der Waals surface area contributed by atoms with Gasteiger partial charge >= 0.3 is 17.9 Å². The van der Waals surface area contributed by atoms with Crippen molar-refractivity contribution in [3.05, 3.63) is 134 Å². The summed E-state index contributed by atoms with van der Waals surface area (Å²) < 4.78 is 16.7. The Balaban J connectivity index is 4.24. The van der Waals surface area contributed by atoms with Crippen LogP contribution in [-0.4, -0.2) is 37.2 Å². The van der Waals surface area contributed by atoms with E-state index in [0.717, 1.165) is 148 Å². The first-order valence-corrected chi connectivity index (χ1v) is 28.2. The number of allylic oxidation sites excluding steroid dienone is 22. The van der Waals surface area contributed by atoms with Crippen molar-refractivity contribution in [3.63, 3.8) is 0 Å². The summed E-state index contributed by atoms with van der Waals surface area (Å²) in [6, 6.07) is 0. The minimum absolute atomic E-state index is 0.0942. The lowest BCUT2D eigenvalue weighted by atomic mass is 10.1. The van der Waals surface area contributed by atoms with Gasteiger partial charge in [-0.25, -0.2) is 0 Å². The van der Waals surface area contributed by atoms with Crippen LogP contribution in [0, 0.1) is 0 Å². The van der Waals surface area contributed by atoms with Crippen LogP contribution in [0.3, 0.4) is 0 Å². The Labute approximate surface area is 430 Å². The Bertz CT molecular complexity index is 1530. The first kappa shape index (κ1) is 65.5. The number of unbranched alkanes of at least 4 members (excludes halogenated alkanes) is 16. The van der Waals surface area contributed by atoms with Gasteiger partial charge in [0.25, 0.3) is 0 Å². The molecule has 6 nitrogen and oxygen atoms in total. The fourth-order valence-corrected chi connectivity index (χ4v) is 7.24. The molecular weight excluding hydrogens is 865 g/mol. The largest absolute Gasteiger partial charge is 0.462 e. The lowest BCUT2D eigenvalue weighted by molar-refractivity contribution is -0.167. The lowest BCUT2D eigenvalue weighted by Gasteiger charge is -2.18. The highest BCUT2D eigenvalue weighted by atomic mass is 16.6. The van der Waals surface area contributed by atoms with Gasteiger partial charge in [0.05, 0.1) is 0 Å². The van der Waals surface area contributed by atoms with E-state index in [9.17, 15) is 14.4 Å². The second kappa shape index (κ2) is 57.1. The number of rotatable bonds is 49. The molecule has 6 heteroatoms. The van der Waals surface area contributed by atoms with Crippen LogP contribution < -0.4 is 0 Å². The third kappa shape index (κ3) is 54.5. The van der Waals surface area contributed by atoms with Crippen LogP contribution in [0.2, 0.25) is 0 Å². The van der Waals surface area contributed by atoms with Crippen molar-refractivity contribution in [2.75, 3.05) is 13.2 Å². The summed E-state index contributed by atoms with van der Waals surface area (Å²) in [5, 5.41) is 0. The molecule has 0 aromatic heterocycles. The quantitative estimate of drug-likeness (QED) is 0.0262. The molecule has 0 heterocycles. The lowest BCUT2D eigenvalue weighted by Crippen LogP contribution is -2.30. The van der Waals surface area contributed by atoms with Gasteiger partial charge in [0, 0.05) is 19.3 Å². The summed E-state index contributed by atoms with van der Waals surface area (Å²) in [6.07, 6.45) is 80.4. The minimum atomic E-state index is -0.795. The third-order valence-corrected chi connectivity index (χ3v) is 11.4. The van der Waals surface area contributed by atoms with E-state index in [1.54, 1.807) is 0 Å². The highest BCUT2D eigenvalue weighted by Crippen LogP contribution is 2.13. The molecule has 394 valence electrons. The second-order valence-corrected chi connectivity index (χ2v) is 18.1. The topological polar surface area (TPSA) is 78.9 Å². The van der Waals surface area contributed by atoms with Crippen molar-refractivity contribution in [2.45, 2.75) is 239 Å². The second-order valence-electron chi connectivity index (χ2n) is 18.1. The Kier molecular flexibility index (Phi) is 53.5. The van der Waals surface area contributed by atoms with Crippen LogP contribution in [0.4, 0.5) is 0 Å². The number of hydrogen-bond acceptors (Lipinski definition) is 6. The molecular formula is C64H102O6. The summed E-state index contributed by atoms with van der Waals surface area (Å²) in [6.45, 7) is 6.31. The maximum atomic E-state index is 12.8. The summed E-state index contributed by atoms with van der Waals surface area (Å²) >= 11 is 0. The number of esters is 3. The molecule has 0 aromatic carbocycles. The van der Waals surface area contributed by atoms with Crippen molar-refractivity contribution in [1.82, 2.24) is 0 Å². The van der Waals surface area contributed by atoms with E-state index in [0.29, 0.717) is 19.3 Å². The Hall–Kier alpha value is -4.45. The minimum Gasteiger partial charge on any atom is -0.462 e. The van der Waals surface area contributed by atoms with Gasteiger partial charge < -0.3 is 14.2 Å². The molecule has 0 bridgehead atoms. The van der Waals surface area contributed by atoms with E-state index >= 15 is 0 Å². The number of ether oxygens (including phenoxy) is 3. The third-order valence-electron chi connectivity index (χ3n) is 11.4. The van der Waals surface area contributed by atoms with Gasteiger partial charge in [-0.05, 0) is 116 Å². The molecule has 1 unspecified atom stereocenters. The maximum absolute atomic E-state index is 12.8. The zero-order valence-corrected chi connectivity index (χ0v) is 45.0. The standard InChI is InChI=1S/C64H102O6/c1-4-7-10-13-16-18-20-22-24-26-27-28-29-30-31-32-33-34-35-36-37-39-40-42-44-46-48-51-54-57-63(66)69-60-61(59-68-62(65)56-53-50-15-12-9-6-3)70-64(67)58-55-52-49-47-45-43-41-38-25-23-21-19-17-14-11-8-5-2/h7-8,10-11,16-19,22-25,27-28,30-31,33-34,36-37,40,42,61H,4-6,9,12-15,20-21,26,29,32,35,38-39,41,43-60H2,1-3H3/b10-7-,11-8-,18-16-,19-17-,24-22-,25-23-,28-27-,31-30-,34-33-,37-36-,42-40-. The van der Waals surface area contributed by atoms with Crippen molar-refractivity contribution in [2.24, 2.45) is 0 Å². The maximum Gasteiger partial charge on any atom is 0.306 e. The Morgan fingerprint density at radius 1 is 0.300 bits per heavy atom. The van der Waals surface area contributed by atoms with E-state index in [-0.39, 0.29) is 31.1 Å². The molecule has 0 fully saturated rings. The fraction of sp³-hybridized carbons (Fsp3) is 0.609. The molecule has 0 spiro atoms. The molecule has 0 aliphatic heterocycles. The van der Waals surface area contributed by atoms with E-state index in [4.69, 9.17) is 14.2 Å². The van der Waals surface area contributed by atoms with Gasteiger partial charge in [-0.1, -0.05) is 231 Å². The van der Waals surface area contributed by atoms with E-state index in [1.165, 1.54) is 44.9 Å². The normalized spacial score (nSPS) is 13.1. The number of carbonyl (C=O) groups is 3. The average molecular weight is 968 g/mol. The van der Waals surface area contributed by atoms with Crippen LogP contribution in [0.1, 0.15) is 233 Å². The van der Waals surface area contributed by atoms with Crippen LogP contribution in [-0.2, 0) is 28.6 Å². The Morgan fingerprint density at radius 3 is 0.871 bits per heavy atom. The van der Waals surface area contributed by atoms with Gasteiger partial charge in [0.1, 0.15) is 13.2 Å². The van der Waals surface area contributed by atoms with Crippen LogP contribution in [0.15, 0.2) is 134 Å². The van der Waals surface area contributed by atoms with Crippen LogP contribution in [0.25, 0.3) is 0 Å².